The molecule has 0 aromatic rings. The predicted molar refractivity (Wildman–Crippen MR) is 100 cm³/mol. The van der Waals surface area contributed by atoms with Crippen molar-refractivity contribution in [1.82, 2.24) is 9.80 Å². The van der Waals surface area contributed by atoms with Crippen LogP contribution in [0.2, 0.25) is 25.7 Å². The molecule has 0 saturated carbocycles. The molecule has 1 atom stereocenters. The van der Waals surface area contributed by atoms with Crippen LogP contribution in [0.1, 0.15) is 12.8 Å². The Morgan fingerprint density at radius 1 is 1.40 bits per heavy atom. The molecular formula is C17H31N3O4Si. The summed E-state index contributed by atoms with van der Waals surface area (Å²) in [7, 11) is -1.14. The van der Waals surface area contributed by atoms with Crippen molar-refractivity contribution in [2.24, 2.45) is 4.99 Å². The fourth-order valence-corrected chi connectivity index (χ4v) is 3.41. The van der Waals surface area contributed by atoms with Crippen molar-refractivity contribution in [3.63, 3.8) is 0 Å². The van der Waals surface area contributed by atoms with Crippen molar-refractivity contribution in [1.29, 1.82) is 0 Å². The molecule has 0 aromatic heterocycles. The average molecular weight is 370 g/mol. The number of nitrogens with zero attached hydrogens (tertiary/aromatic N) is 3. The number of hydrogen-bond donors (Lipinski definition) is 1. The first-order valence-electron chi connectivity index (χ1n) is 8.98. The lowest BCUT2D eigenvalue weighted by molar-refractivity contribution is -0.107. The van der Waals surface area contributed by atoms with Gasteiger partial charge in [-0.05, 0) is 12.5 Å². The summed E-state index contributed by atoms with van der Waals surface area (Å²) in [6.07, 6.45) is 2.86. The third-order valence-corrected chi connectivity index (χ3v) is 5.91. The zero-order valence-electron chi connectivity index (χ0n) is 15.6. The summed E-state index contributed by atoms with van der Waals surface area (Å²) in [5.41, 5.74) is 0.799. The summed E-state index contributed by atoms with van der Waals surface area (Å²) in [4.78, 5) is 19.1. The van der Waals surface area contributed by atoms with E-state index in [0.717, 1.165) is 18.0 Å². The predicted octanol–water partition coefficient (Wildman–Crippen LogP) is 1.48. The van der Waals surface area contributed by atoms with Crippen LogP contribution >= 0.6 is 0 Å². The summed E-state index contributed by atoms with van der Waals surface area (Å²) in [5, 5.41) is 10.7. The molecule has 2 heterocycles. The molecule has 0 bridgehead atoms. The lowest BCUT2D eigenvalue weighted by Crippen LogP contribution is -2.52. The van der Waals surface area contributed by atoms with Gasteiger partial charge in [0.25, 0.3) is 0 Å². The summed E-state index contributed by atoms with van der Waals surface area (Å²) >= 11 is 0. The van der Waals surface area contributed by atoms with Crippen LogP contribution in [0.15, 0.2) is 16.9 Å². The fourth-order valence-electron chi connectivity index (χ4n) is 2.65. The molecule has 25 heavy (non-hydrogen) atoms. The minimum Gasteiger partial charge on any atom is -0.378 e. The van der Waals surface area contributed by atoms with E-state index in [1.165, 1.54) is 0 Å². The van der Waals surface area contributed by atoms with Gasteiger partial charge < -0.3 is 29.2 Å². The summed E-state index contributed by atoms with van der Waals surface area (Å²) in [6.45, 7) is 10.6. The van der Waals surface area contributed by atoms with Gasteiger partial charge in [-0.25, -0.2) is 4.99 Å². The summed E-state index contributed by atoms with van der Waals surface area (Å²) < 4.78 is 11.2. The van der Waals surface area contributed by atoms with Crippen LogP contribution in [0.25, 0.3) is 0 Å². The number of carbonyl (C=O) groups excluding carboxylic acids is 1. The molecule has 0 radical (unpaired) electrons. The highest BCUT2D eigenvalue weighted by Gasteiger charge is 2.29. The highest BCUT2D eigenvalue weighted by Crippen LogP contribution is 2.20. The van der Waals surface area contributed by atoms with Crippen LogP contribution in [0, 0.1) is 0 Å². The van der Waals surface area contributed by atoms with Gasteiger partial charge in [-0.15, -0.1) is 0 Å². The van der Waals surface area contributed by atoms with E-state index >= 15 is 0 Å². The molecule has 142 valence electrons. The number of rotatable bonds is 8. The largest absolute Gasteiger partial charge is 0.378 e. The normalized spacial score (nSPS) is 21.8. The number of amidine groups is 1. The number of morpholine rings is 1. The molecule has 8 heteroatoms. The first-order chi connectivity index (χ1) is 11.9. The van der Waals surface area contributed by atoms with Crippen molar-refractivity contribution in [3.05, 3.63) is 11.9 Å². The van der Waals surface area contributed by atoms with Crippen LogP contribution in [-0.2, 0) is 14.3 Å². The molecule has 2 aliphatic heterocycles. The van der Waals surface area contributed by atoms with Crippen molar-refractivity contribution in [2.45, 2.75) is 44.8 Å². The van der Waals surface area contributed by atoms with Gasteiger partial charge in [-0.3, -0.25) is 0 Å². The van der Waals surface area contributed by atoms with Gasteiger partial charge >= 0.3 is 0 Å². The van der Waals surface area contributed by atoms with Crippen LogP contribution in [0.5, 0.6) is 0 Å². The molecule has 0 spiro atoms. The number of aliphatic hydroxyl groups is 1. The van der Waals surface area contributed by atoms with E-state index < -0.39 is 14.3 Å². The number of ether oxygens (including phenoxy) is 2. The first-order valence-corrected chi connectivity index (χ1v) is 12.7. The van der Waals surface area contributed by atoms with E-state index in [1.54, 1.807) is 4.90 Å². The molecule has 1 saturated heterocycles. The number of hydrogen-bond acceptors (Lipinski definition) is 7. The monoisotopic (exact) mass is 369 g/mol. The van der Waals surface area contributed by atoms with Gasteiger partial charge in [0.2, 0.25) is 0 Å². The third kappa shape index (κ3) is 6.54. The minimum absolute atomic E-state index is 0.319. The zero-order chi connectivity index (χ0) is 18.3. The molecule has 0 aliphatic carbocycles. The smallest absolute Gasteiger partial charge is 0.187 e. The Balaban J connectivity index is 2.00. The highest BCUT2D eigenvalue weighted by atomic mass is 28.3. The zero-order valence-corrected chi connectivity index (χ0v) is 16.6. The van der Waals surface area contributed by atoms with Crippen LogP contribution in [-0.4, -0.2) is 81.0 Å². The Morgan fingerprint density at radius 2 is 2.12 bits per heavy atom. The SMILES string of the molecule is C[Si](C)(C)CCOCN1C=C(CCC=O)N=C(N2CCOCC2)C1O. The number of carbonyl (C=O) groups is 1. The Kier molecular flexibility index (Phi) is 7.61. The summed E-state index contributed by atoms with van der Waals surface area (Å²) in [5.74, 6) is 0.625. The highest BCUT2D eigenvalue weighted by molar-refractivity contribution is 6.76. The van der Waals surface area contributed by atoms with Crippen molar-refractivity contribution in [2.75, 3.05) is 39.6 Å². The van der Waals surface area contributed by atoms with Gasteiger partial charge in [0.05, 0.1) is 18.9 Å². The number of aldehydes is 1. The van der Waals surface area contributed by atoms with E-state index in [0.29, 0.717) is 58.3 Å². The summed E-state index contributed by atoms with van der Waals surface area (Å²) in [6, 6.07) is 1.09. The van der Waals surface area contributed by atoms with Gasteiger partial charge in [-0.2, -0.15) is 0 Å². The van der Waals surface area contributed by atoms with E-state index in [-0.39, 0.29) is 0 Å². The lowest BCUT2D eigenvalue weighted by Gasteiger charge is -2.38. The number of allylic oxidation sites excluding steroid dienone is 1. The van der Waals surface area contributed by atoms with Crippen molar-refractivity contribution >= 4 is 20.2 Å². The Morgan fingerprint density at radius 3 is 2.76 bits per heavy atom. The topological polar surface area (TPSA) is 74.6 Å². The van der Waals surface area contributed by atoms with Crippen molar-refractivity contribution < 1.29 is 19.4 Å². The standard InChI is InChI=1S/C17H31N3O4Si/c1-25(2,3)12-11-24-14-20-13-15(5-4-8-21)18-16(17(20)22)19-6-9-23-10-7-19/h8,13,17,22H,4-7,9-12,14H2,1-3H3. The fraction of sp³-hybridized carbons (Fsp3) is 0.765. The average Bonchev–Trinajstić information content (AvgIpc) is 2.58. The maximum atomic E-state index is 10.7. The van der Waals surface area contributed by atoms with Crippen LogP contribution < -0.4 is 0 Å². The molecule has 7 nitrogen and oxygen atoms in total. The third-order valence-electron chi connectivity index (χ3n) is 4.21. The molecule has 1 fully saturated rings. The molecular weight excluding hydrogens is 338 g/mol. The Hall–Kier alpha value is -1.22. The second-order valence-electron chi connectivity index (χ2n) is 7.63. The quantitative estimate of drug-likeness (QED) is 0.397. The van der Waals surface area contributed by atoms with E-state index in [2.05, 4.69) is 29.5 Å². The van der Waals surface area contributed by atoms with E-state index in [1.807, 2.05) is 6.20 Å². The lowest BCUT2D eigenvalue weighted by atomic mass is 10.2. The molecule has 2 rings (SSSR count). The van der Waals surface area contributed by atoms with Crippen LogP contribution in [0.4, 0.5) is 0 Å². The van der Waals surface area contributed by atoms with Gasteiger partial charge in [0, 0.05) is 40.4 Å². The van der Waals surface area contributed by atoms with Crippen LogP contribution in [0.3, 0.4) is 0 Å². The van der Waals surface area contributed by atoms with Gasteiger partial charge in [-0.1, -0.05) is 19.6 Å². The Bertz CT molecular complexity index is 499. The van der Waals surface area contributed by atoms with Gasteiger partial charge in [0.15, 0.2) is 12.1 Å². The second-order valence-corrected chi connectivity index (χ2v) is 13.3. The van der Waals surface area contributed by atoms with Gasteiger partial charge in [0.1, 0.15) is 13.0 Å². The molecule has 0 amide bonds. The van der Waals surface area contributed by atoms with E-state index in [9.17, 15) is 9.90 Å². The second kappa shape index (κ2) is 9.47. The molecule has 2 aliphatic rings. The number of aliphatic imine (C=N–C) groups is 1. The maximum Gasteiger partial charge on any atom is 0.187 e. The first kappa shape index (κ1) is 20.1. The van der Waals surface area contributed by atoms with E-state index in [4.69, 9.17) is 9.47 Å². The molecule has 1 N–H and O–H groups in total. The minimum atomic E-state index is -1.14. The number of aliphatic hydroxyl groups excluding tert-OH is 1. The molecule has 1 unspecified atom stereocenters. The molecule has 0 aromatic carbocycles. The Labute approximate surface area is 151 Å². The van der Waals surface area contributed by atoms with Crippen molar-refractivity contribution in [3.8, 4) is 0 Å². The maximum absolute atomic E-state index is 10.7.